The monoisotopic (exact) mass is 503 g/mol. The van der Waals surface area contributed by atoms with Gasteiger partial charge in [0, 0.05) is 13.0 Å². The molecular weight excluding hydrogens is 462 g/mol. The van der Waals surface area contributed by atoms with Gasteiger partial charge in [0.1, 0.15) is 0 Å². The molecule has 2 fully saturated rings. The van der Waals surface area contributed by atoms with Crippen molar-refractivity contribution >= 4 is 34.2 Å². The van der Waals surface area contributed by atoms with E-state index in [-0.39, 0.29) is 24.2 Å². The van der Waals surface area contributed by atoms with Crippen LogP contribution in [0, 0.1) is 5.92 Å². The second-order valence-corrected chi connectivity index (χ2v) is 11.5. The van der Waals surface area contributed by atoms with Gasteiger partial charge in [-0.2, -0.15) is 0 Å². The maximum atomic E-state index is 12.9. The minimum Gasteiger partial charge on any atom is -0.330 e. The maximum absolute atomic E-state index is 12.9. The van der Waals surface area contributed by atoms with Gasteiger partial charge in [-0.15, -0.1) is 12.4 Å². The molecule has 9 heteroatoms. The van der Waals surface area contributed by atoms with Crippen molar-refractivity contribution in [1.82, 2.24) is 14.1 Å². The van der Waals surface area contributed by atoms with E-state index in [0.29, 0.717) is 25.1 Å². The number of sulfonamides is 1. The van der Waals surface area contributed by atoms with Gasteiger partial charge in [0.15, 0.2) is 0 Å². The molecule has 3 aliphatic heterocycles. The summed E-state index contributed by atoms with van der Waals surface area (Å²) in [4.78, 5) is 30.0. The van der Waals surface area contributed by atoms with Crippen LogP contribution in [0.3, 0.4) is 0 Å². The van der Waals surface area contributed by atoms with Crippen molar-refractivity contribution in [2.24, 2.45) is 5.92 Å². The van der Waals surface area contributed by atoms with Gasteiger partial charge < -0.3 is 9.80 Å². The molecule has 2 atom stereocenters. The predicted octanol–water partition coefficient (Wildman–Crippen LogP) is 3.94. The van der Waals surface area contributed by atoms with E-state index in [2.05, 4.69) is 4.90 Å². The van der Waals surface area contributed by atoms with E-state index in [9.17, 15) is 18.0 Å². The summed E-state index contributed by atoms with van der Waals surface area (Å²) in [5.74, 6) is -0.795. The number of halogens is 1. The number of rotatable bonds is 13. The van der Waals surface area contributed by atoms with Gasteiger partial charge in [-0.1, -0.05) is 45.4 Å². The second-order valence-electron chi connectivity index (χ2n) is 9.65. The zero-order chi connectivity index (χ0) is 23.1. The Balaban J connectivity index is 0.00000385. The molecule has 2 amide bonds. The van der Waals surface area contributed by atoms with E-state index < -0.39 is 22.0 Å². The van der Waals surface area contributed by atoms with Crippen LogP contribution in [0.4, 0.5) is 0 Å². The quantitative estimate of drug-likeness (QED) is 0.356. The average molecular weight is 504 g/mol. The number of hydrogen-bond donors (Lipinski definition) is 0. The van der Waals surface area contributed by atoms with Gasteiger partial charge in [-0.3, -0.25) is 9.59 Å². The van der Waals surface area contributed by atoms with E-state index in [1.165, 1.54) is 58.2 Å². The number of unbranched alkanes of at least 4 members (excludes halogenated alkanes) is 6. The maximum Gasteiger partial charge on any atom is 0.246 e. The lowest BCUT2D eigenvalue weighted by molar-refractivity contribution is -0.133. The van der Waals surface area contributed by atoms with E-state index in [1.54, 1.807) is 11.0 Å². The highest BCUT2D eigenvalue weighted by molar-refractivity contribution is 7.89. The Labute approximate surface area is 206 Å². The molecule has 0 radical (unpaired) electrons. The summed E-state index contributed by atoms with van der Waals surface area (Å²) in [6.07, 6.45) is 15.5. The molecule has 0 spiro atoms. The molecule has 0 aromatic heterocycles. The molecule has 33 heavy (non-hydrogen) atoms. The molecule has 0 N–H and O–H groups in total. The van der Waals surface area contributed by atoms with Crippen LogP contribution in [0.2, 0.25) is 0 Å². The Bertz CT molecular complexity index is 796. The number of likely N-dealkylation sites (tertiary alicyclic amines) is 1. The number of carbonyl (C=O) groups excluding carboxylic acids is 2. The molecule has 3 aliphatic rings. The van der Waals surface area contributed by atoms with Gasteiger partial charge >= 0.3 is 0 Å². The van der Waals surface area contributed by atoms with E-state index in [0.717, 1.165) is 36.2 Å². The Morgan fingerprint density at radius 2 is 1.64 bits per heavy atom. The molecular formula is C24H42ClN3O4S. The molecule has 0 aromatic carbocycles. The normalized spacial score (nSPS) is 23.1. The van der Waals surface area contributed by atoms with Crippen LogP contribution in [0.25, 0.3) is 0 Å². The van der Waals surface area contributed by atoms with Crippen LogP contribution in [-0.4, -0.2) is 72.8 Å². The first-order valence-electron chi connectivity index (χ1n) is 12.6. The van der Waals surface area contributed by atoms with Crippen LogP contribution in [-0.2, 0) is 19.6 Å². The van der Waals surface area contributed by atoms with E-state index >= 15 is 0 Å². The SMILES string of the molecule is CCC[C@H]1C(=O)N(S(C)(=O)=O)C2=CCN(C(=O)CCCCCCCCCN3CCCC3)[C@@H]21.Cl. The summed E-state index contributed by atoms with van der Waals surface area (Å²) in [7, 11) is -3.67. The molecule has 0 unspecified atom stereocenters. The lowest BCUT2D eigenvalue weighted by Crippen LogP contribution is -2.41. The summed E-state index contributed by atoms with van der Waals surface area (Å²) in [5.41, 5.74) is 0.484. The third-order valence-corrected chi connectivity index (χ3v) is 8.14. The van der Waals surface area contributed by atoms with Gasteiger partial charge in [0.05, 0.1) is 23.9 Å². The molecule has 0 saturated carbocycles. The van der Waals surface area contributed by atoms with E-state index in [1.807, 2.05) is 6.92 Å². The Hall–Kier alpha value is -1.12. The van der Waals surface area contributed by atoms with Crippen molar-refractivity contribution < 1.29 is 18.0 Å². The van der Waals surface area contributed by atoms with Crippen molar-refractivity contribution in [3.8, 4) is 0 Å². The molecule has 3 rings (SSSR count). The van der Waals surface area contributed by atoms with Crippen molar-refractivity contribution in [2.75, 3.05) is 32.4 Å². The summed E-state index contributed by atoms with van der Waals surface area (Å²) in [6, 6.07) is -0.416. The fourth-order valence-electron chi connectivity index (χ4n) is 5.47. The molecule has 0 aliphatic carbocycles. The van der Waals surface area contributed by atoms with Gasteiger partial charge in [0.25, 0.3) is 0 Å². The first kappa shape index (κ1) is 28.1. The van der Waals surface area contributed by atoms with Gasteiger partial charge in [0.2, 0.25) is 21.8 Å². The molecule has 190 valence electrons. The second kappa shape index (κ2) is 13.1. The highest BCUT2D eigenvalue weighted by Gasteiger charge is 2.53. The van der Waals surface area contributed by atoms with Crippen LogP contribution >= 0.6 is 12.4 Å². The van der Waals surface area contributed by atoms with E-state index in [4.69, 9.17) is 0 Å². The van der Waals surface area contributed by atoms with Crippen LogP contribution < -0.4 is 0 Å². The number of nitrogens with zero attached hydrogens (tertiary/aromatic N) is 3. The first-order chi connectivity index (χ1) is 15.3. The minimum absolute atomic E-state index is 0. The van der Waals surface area contributed by atoms with Crippen LogP contribution in [0.1, 0.15) is 84.0 Å². The van der Waals surface area contributed by atoms with Crippen molar-refractivity contribution in [3.05, 3.63) is 11.8 Å². The van der Waals surface area contributed by atoms with Crippen LogP contribution in [0.5, 0.6) is 0 Å². The lowest BCUT2D eigenvalue weighted by Gasteiger charge is -2.27. The topological polar surface area (TPSA) is 78.0 Å². The Kier molecular flexibility index (Phi) is 11.2. The highest BCUT2D eigenvalue weighted by atomic mass is 35.5. The zero-order valence-electron chi connectivity index (χ0n) is 20.3. The summed E-state index contributed by atoms with van der Waals surface area (Å²) in [6.45, 7) is 6.19. The fourth-order valence-corrected chi connectivity index (χ4v) is 6.50. The van der Waals surface area contributed by atoms with Crippen molar-refractivity contribution in [1.29, 1.82) is 0 Å². The third-order valence-electron chi connectivity index (χ3n) is 7.08. The van der Waals surface area contributed by atoms with Gasteiger partial charge in [-0.05, 0) is 57.8 Å². The Morgan fingerprint density at radius 1 is 1.03 bits per heavy atom. The number of fused-ring (bicyclic) bond motifs is 1. The van der Waals surface area contributed by atoms with Gasteiger partial charge in [-0.25, -0.2) is 12.7 Å². The summed E-state index contributed by atoms with van der Waals surface area (Å²) in [5, 5.41) is 0. The lowest BCUT2D eigenvalue weighted by atomic mass is 9.95. The Morgan fingerprint density at radius 3 is 2.24 bits per heavy atom. The highest BCUT2D eigenvalue weighted by Crippen LogP contribution is 2.40. The number of amides is 2. The smallest absolute Gasteiger partial charge is 0.246 e. The van der Waals surface area contributed by atoms with Crippen molar-refractivity contribution in [2.45, 2.75) is 90.0 Å². The molecule has 2 saturated heterocycles. The number of carbonyl (C=O) groups is 2. The first-order valence-corrected chi connectivity index (χ1v) is 14.5. The largest absolute Gasteiger partial charge is 0.330 e. The fraction of sp³-hybridized carbons (Fsp3) is 0.833. The van der Waals surface area contributed by atoms with Crippen molar-refractivity contribution in [3.63, 3.8) is 0 Å². The summed E-state index contributed by atoms with van der Waals surface area (Å²) >= 11 is 0. The predicted molar refractivity (Wildman–Crippen MR) is 134 cm³/mol. The third kappa shape index (κ3) is 7.18. The zero-order valence-corrected chi connectivity index (χ0v) is 22.0. The number of hydrogen-bond acceptors (Lipinski definition) is 5. The molecule has 0 bridgehead atoms. The molecule has 0 aromatic rings. The average Bonchev–Trinajstić information content (AvgIpc) is 3.44. The minimum atomic E-state index is -3.67. The van der Waals surface area contributed by atoms with Crippen LogP contribution in [0.15, 0.2) is 11.8 Å². The molecule has 3 heterocycles. The summed E-state index contributed by atoms with van der Waals surface area (Å²) < 4.78 is 25.3. The molecule has 7 nitrogen and oxygen atoms in total. The standard InChI is InChI=1S/C24H41N3O4S.ClH/c1-3-13-20-23-21(27(24(20)29)32(2,30)31)15-19-26(23)22(28)14-9-7-5-4-6-8-10-16-25-17-11-12-18-25;/h15,20,23H,3-14,16-19H2,1-2H3;1H/t20-,23-;/m1./s1.